The van der Waals surface area contributed by atoms with Crippen molar-refractivity contribution in [3.8, 4) is 0 Å². The Hall–Kier alpha value is -3.27. The molecule has 4 aromatic rings. The summed E-state index contributed by atoms with van der Waals surface area (Å²) in [4.78, 5) is 36.1. The fourth-order valence-electron chi connectivity index (χ4n) is 6.05. The number of nitrogens with zero attached hydrogens (tertiary/aromatic N) is 5. The number of thiophene rings is 1. The van der Waals surface area contributed by atoms with E-state index in [0.717, 1.165) is 24.5 Å². The Morgan fingerprint density at radius 2 is 1.64 bits per heavy atom. The first-order valence-electron chi connectivity index (χ1n) is 13.9. The zero-order valence-corrected chi connectivity index (χ0v) is 23.4. The molecule has 1 aromatic carbocycles. The predicted molar refractivity (Wildman–Crippen MR) is 153 cm³/mol. The van der Waals surface area contributed by atoms with Crippen molar-refractivity contribution in [2.75, 3.05) is 26.2 Å². The molecule has 2 aliphatic rings. The summed E-state index contributed by atoms with van der Waals surface area (Å²) in [5.74, 6) is 0.952. The van der Waals surface area contributed by atoms with Gasteiger partial charge in [-0.05, 0) is 79.4 Å². The van der Waals surface area contributed by atoms with Crippen molar-refractivity contribution in [2.24, 2.45) is 5.41 Å². The Balaban J connectivity index is 1.02. The number of aromatic nitrogens is 4. The average molecular weight is 544 g/mol. The number of hydrogen-bond donors (Lipinski definition) is 2. The molecule has 2 saturated heterocycles. The summed E-state index contributed by atoms with van der Waals surface area (Å²) in [6.07, 6.45) is 10.7. The second kappa shape index (κ2) is 11.5. The Morgan fingerprint density at radius 1 is 0.923 bits per heavy atom. The lowest BCUT2D eigenvalue weighted by Gasteiger charge is -2.39. The standard InChI is InChI=1S/C30H37N7OS/c1-23-6-17-39-26(23)20-36-16-9-30(22-36)7-14-35(15-8-30)18-24-2-4-25(5-3-24)19-37(21-27-31-10-11-32-27)29(38)28-33-12-13-34-28/h2-6,10-13,17H,7-9,14-16,18-22H2,1H3,(H,31,32)(H,33,34). The van der Waals surface area contributed by atoms with Gasteiger partial charge in [0.05, 0.1) is 6.54 Å². The monoisotopic (exact) mass is 543 g/mol. The number of H-pyrrole nitrogens is 2. The van der Waals surface area contributed by atoms with Crippen LogP contribution in [0.4, 0.5) is 0 Å². The molecular weight excluding hydrogens is 506 g/mol. The Bertz CT molecular complexity index is 1340. The van der Waals surface area contributed by atoms with E-state index in [0.29, 0.717) is 24.3 Å². The number of hydrogen-bond acceptors (Lipinski definition) is 6. The molecule has 39 heavy (non-hydrogen) atoms. The number of imidazole rings is 2. The lowest BCUT2D eigenvalue weighted by molar-refractivity contribution is 0.0714. The van der Waals surface area contributed by atoms with Gasteiger partial charge in [0.1, 0.15) is 5.82 Å². The summed E-state index contributed by atoms with van der Waals surface area (Å²) >= 11 is 1.90. The molecule has 0 aliphatic carbocycles. The Morgan fingerprint density at radius 3 is 2.31 bits per heavy atom. The van der Waals surface area contributed by atoms with E-state index in [-0.39, 0.29) is 5.91 Å². The molecule has 0 unspecified atom stereocenters. The Kier molecular flexibility index (Phi) is 7.63. The second-order valence-corrected chi connectivity index (χ2v) is 12.2. The van der Waals surface area contributed by atoms with Crippen LogP contribution >= 0.6 is 11.3 Å². The average Bonchev–Trinajstić information content (AvgIpc) is 3.77. The van der Waals surface area contributed by atoms with Gasteiger partial charge in [-0.25, -0.2) is 9.97 Å². The van der Waals surface area contributed by atoms with Crippen molar-refractivity contribution >= 4 is 17.2 Å². The van der Waals surface area contributed by atoms with Gasteiger partial charge >= 0.3 is 0 Å². The van der Waals surface area contributed by atoms with E-state index in [1.807, 2.05) is 11.3 Å². The van der Waals surface area contributed by atoms with Crippen molar-refractivity contribution < 1.29 is 4.79 Å². The number of amides is 1. The van der Waals surface area contributed by atoms with Gasteiger partial charge in [0.25, 0.3) is 5.91 Å². The highest BCUT2D eigenvalue weighted by Crippen LogP contribution is 2.41. The molecule has 2 aliphatic heterocycles. The largest absolute Gasteiger partial charge is 0.347 e. The normalized spacial score (nSPS) is 17.7. The molecule has 2 fully saturated rings. The van der Waals surface area contributed by atoms with Crippen LogP contribution in [0.25, 0.3) is 0 Å². The van der Waals surface area contributed by atoms with Crippen molar-refractivity contribution in [3.63, 3.8) is 0 Å². The smallest absolute Gasteiger partial charge is 0.290 e. The quantitative estimate of drug-likeness (QED) is 0.316. The highest BCUT2D eigenvalue weighted by molar-refractivity contribution is 7.10. The molecule has 3 aromatic heterocycles. The molecule has 0 bridgehead atoms. The van der Waals surface area contributed by atoms with Crippen molar-refractivity contribution in [2.45, 2.75) is 52.4 Å². The third-order valence-electron chi connectivity index (χ3n) is 8.46. The number of benzene rings is 1. The SMILES string of the molecule is Cc1ccsc1CN1CCC2(CCN(Cc3ccc(CN(Cc4ncc[nH]4)C(=O)c4ncc[nH]4)cc3)CC2)C1. The summed E-state index contributed by atoms with van der Waals surface area (Å²) < 4.78 is 0. The molecule has 0 atom stereocenters. The van der Waals surface area contributed by atoms with Crippen molar-refractivity contribution in [3.05, 3.63) is 93.7 Å². The van der Waals surface area contributed by atoms with Gasteiger partial charge in [0.2, 0.25) is 0 Å². The van der Waals surface area contributed by atoms with E-state index < -0.39 is 0 Å². The van der Waals surface area contributed by atoms with Crippen LogP contribution in [0, 0.1) is 12.3 Å². The molecule has 0 saturated carbocycles. The van der Waals surface area contributed by atoms with Gasteiger partial charge < -0.3 is 14.9 Å². The molecule has 5 heterocycles. The minimum absolute atomic E-state index is 0.140. The van der Waals surface area contributed by atoms with E-state index >= 15 is 0 Å². The number of nitrogens with one attached hydrogen (secondary N) is 2. The van der Waals surface area contributed by atoms with E-state index in [1.165, 1.54) is 61.4 Å². The van der Waals surface area contributed by atoms with Gasteiger partial charge in [0.15, 0.2) is 5.82 Å². The van der Waals surface area contributed by atoms with Crippen LogP contribution in [0.15, 0.2) is 60.5 Å². The number of likely N-dealkylation sites (tertiary alicyclic amines) is 2. The highest BCUT2D eigenvalue weighted by Gasteiger charge is 2.40. The molecule has 9 heteroatoms. The number of rotatable bonds is 9. The van der Waals surface area contributed by atoms with Gasteiger partial charge in [0, 0.05) is 55.8 Å². The lowest BCUT2D eigenvalue weighted by atomic mass is 9.77. The van der Waals surface area contributed by atoms with E-state index in [2.05, 4.69) is 72.4 Å². The maximum absolute atomic E-state index is 13.1. The van der Waals surface area contributed by atoms with Crippen LogP contribution in [0.5, 0.6) is 0 Å². The Labute approximate surface area is 234 Å². The fourth-order valence-corrected chi connectivity index (χ4v) is 7.00. The van der Waals surface area contributed by atoms with Crippen LogP contribution in [0.1, 0.15) is 57.3 Å². The minimum atomic E-state index is -0.140. The third-order valence-corrected chi connectivity index (χ3v) is 9.46. The molecule has 0 radical (unpaired) electrons. The molecule has 204 valence electrons. The second-order valence-electron chi connectivity index (χ2n) is 11.2. The molecular formula is C30H37N7OS. The zero-order valence-electron chi connectivity index (χ0n) is 22.6. The molecule has 6 rings (SSSR count). The van der Waals surface area contributed by atoms with Crippen LogP contribution in [-0.4, -0.2) is 66.7 Å². The van der Waals surface area contributed by atoms with Crippen molar-refractivity contribution in [1.29, 1.82) is 0 Å². The summed E-state index contributed by atoms with van der Waals surface area (Å²) in [5.41, 5.74) is 4.36. The topological polar surface area (TPSA) is 84.2 Å². The molecule has 2 N–H and O–H groups in total. The number of aryl methyl sites for hydroxylation is 1. The maximum Gasteiger partial charge on any atom is 0.290 e. The third kappa shape index (κ3) is 6.16. The minimum Gasteiger partial charge on any atom is -0.347 e. The predicted octanol–water partition coefficient (Wildman–Crippen LogP) is 4.83. The first kappa shape index (κ1) is 26.0. The summed E-state index contributed by atoms with van der Waals surface area (Å²) in [7, 11) is 0. The van der Waals surface area contributed by atoms with Crippen LogP contribution in [-0.2, 0) is 26.2 Å². The zero-order chi connectivity index (χ0) is 26.7. The van der Waals surface area contributed by atoms with Gasteiger partial charge in [-0.15, -0.1) is 11.3 Å². The van der Waals surface area contributed by atoms with Crippen molar-refractivity contribution in [1.82, 2.24) is 34.6 Å². The maximum atomic E-state index is 13.1. The summed E-state index contributed by atoms with van der Waals surface area (Å²) in [6.45, 7) is 10.0. The highest BCUT2D eigenvalue weighted by atomic mass is 32.1. The lowest BCUT2D eigenvalue weighted by Crippen LogP contribution is -2.41. The van der Waals surface area contributed by atoms with E-state index in [4.69, 9.17) is 0 Å². The van der Waals surface area contributed by atoms with E-state index in [9.17, 15) is 4.79 Å². The van der Waals surface area contributed by atoms with Gasteiger partial charge in [-0.3, -0.25) is 14.6 Å². The number of aromatic amines is 2. The summed E-state index contributed by atoms with van der Waals surface area (Å²) in [5, 5.41) is 2.22. The molecule has 1 amide bonds. The molecule has 8 nitrogen and oxygen atoms in total. The molecule has 1 spiro atoms. The van der Waals surface area contributed by atoms with Gasteiger partial charge in [-0.2, -0.15) is 0 Å². The van der Waals surface area contributed by atoms with Crippen LogP contribution < -0.4 is 0 Å². The summed E-state index contributed by atoms with van der Waals surface area (Å²) in [6, 6.07) is 11.0. The fraction of sp³-hybridized carbons (Fsp3) is 0.433. The van der Waals surface area contributed by atoms with Gasteiger partial charge in [-0.1, -0.05) is 24.3 Å². The first-order chi connectivity index (χ1) is 19.1. The number of carbonyl (C=O) groups is 1. The van der Waals surface area contributed by atoms with Crippen LogP contribution in [0.2, 0.25) is 0 Å². The number of piperidine rings is 1. The number of carbonyl (C=O) groups excluding carboxylic acids is 1. The van der Waals surface area contributed by atoms with Crippen LogP contribution in [0.3, 0.4) is 0 Å². The first-order valence-corrected chi connectivity index (χ1v) is 14.8. The van der Waals surface area contributed by atoms with E-state index in [1.54, 1.807) is 29.7 Å².